The first-order valence-corrected chi connectivity index (χ1v) is 7.89. The van der Waals surface area contributed by atoms with Gasteiger partial charge in [0.1, 0.15) is 11.2 Å². The van der Waals surface area contributed by atoms with Crippen molar-refractivity contribution >= 4 is 31.9 Å². The second kappa shape index (κ2) is 4.41. The van der Waals surface area contributed by atoms with Crippen LogP contribution in [0, 0.1) is 0 Å². The van der Waals surface area contributed by atoms with Gasteiger partial charge in [-0.3, -0.25) is 0 Å². The summed E-state index contributed by atoms with van der Waals surface area (Å²) in [5, 5.41) is 21.8. The van der Waals surface area contributed by atoms with Gasteiger partial charge in [-0.15, -0.1) is 0 Å². The third-order valence-corrected chi connectivity index (χ3v) is 5.24. The minimum absolute atomic E-state index is 0.733. The van der Waals surface area contributed by atoms with Crippen LogP contribution < -0.4 is 0 Å². The van der Waals surface area contributed by atoms with Gasteiger partial charge in [0.15, 0.2) is 0 Å². The van der Waals surface area contributed by atoms with E-state index in [-0.39, 0.29) is 0 Å². The molecular weight excluding hydrogens is 384 g/mol. The fourth-order valence-electron chi connectivity index (χ4n) is 2.85. The van der Waals surface area contributed by atoms with Crippen molar-refractivity contribution in [2.75, 3.05) is 0 Å². The molecule has 20 heavy (non-hydrogen) atoms. The van der Waals surface area contributed by atoms with Gasteiger partial charge in [-0.25, -0.2) is 0 Å². The van der Waals surface area contributed by atoms with Crippen LogP contribution in [0.4, 0.5) is 0 Å². The number of fused-ring (bicyclic) bond motifs is 3. The Morgan fingerprint density at radius 3 is 1.45 bits per heavy atom. The standard InChI is InChI=1S/C16H14Br2O2/c1-15(19)13-5-3-9(17)7-11(13)12-8-10(18)4-6-14(12)16(15,2)20/h3-8,19-20H,1-2H3/t15-,16+. The van der Waals surface area contributed by atoms with Gasteiger partial charge < -0.3 is 10.2 Å². The molecule has 104 valence electrons. The van der Waals surface area contributed by atoms with Crippen LogP contribution in [0.5, 0.6) is 0 Å². The van der Waals surface area contributed by atoms with Crippen molar-refractivity contribution in [3.05, 3.63) is 56.5 Å². The summed E-state index contributed by atoms with van der Waals surface area (Å²) in [6, 6.07) is 11.4. The second-order valence-electron chi connectivity index (χ2n) is 5.52. The molecule has 0 aliphatic heterocycles. The zero-order chi connectivity index (χ0) is 14.7. The summed E-state index contributed by atoms with van der Waals surface area (Å²) in [5.41, 5.74) is 0.653. The molecule has 0 saturated heterocycles. The summed E-state index contributed by atoms with van der Waals surface area (Å²) in [6.45, 7) is 3.31. The van der Waals surface area contributed by atoms with Crippen LogP contribution in [0.1, 0.15) is 25.0 Å². The van der Waals surface area contributed by atoms with Crippen molar-refractivity contribution in [1.82, 2.24) is 0 Å². The number of benzene rings is 2. The van der Waals surface area contributed by atoms with Gasteiger partial charge in [-0.05, 0) is 60.4 Å². The quantitative estimate of drug-likeness (QED) is 0.695. The second-order valence-corrected chi connectivity index (χ2v) is 7.36. The predicted octanol–water partition coefficient (Wildman–Crippen LogP) is 4.31. The van der Waals surface area contributed by atoms with Crippen LogP contribution in [0.3, 0.4) is 0 Å². The fourth-order valence-corrected chi connectivity index (χ4v) is 3.57. The molecule has 3 rings (SSSR count). The minimum Gasteiger partial charge on any atom is -0.382 e. The van der Waals surface area contributed by atoms with E-state index in [2.05, 4.69) is 31.9 Å². The number of hydrogen-bond acceptors (Lipinski definition) is 2. The highest BCUT2D eigenvalue weighted by molar-refractivity contribution is 9.10. The van der Waals surface area contributed by atoms with E-state index in [1.807, 2.05) is 36.4 Å². The van der Waals surface area contributed by atoms with Gasteiger partial charge in [0, 0.05) is 8.95 Å². The Bertz CT molecular complexity index is 644. The molecule has 0 radical (unpaired) electrons. The normalized spacial score (nSPS) is 27.9. The third-order valence-electron chi connectivity index (χ3n) is 4.25. The average Bonchev–Trinajstić information content (AvgIpc) is 2.36. The number of aliphatic hydroxyl groups is 2. The van der Waals surface area contributed by atoms with Crippen molar-refractivity contribution in [1.29, 1.82) is 0 Å². The van der Waals surface area contributed by atoms with Gasteiger partial charge in [-0.1, -0.05) is 44.0 Å². The van der Waals surface area contributed by atoms with Crippen LogP contribution in [-0.2, 0) is 11.2 Å². The van der Waals surface area contributed by atoms with E-state index >= 15 is 0 Å². The fraction of sp³-hybridized carbons (Fsp3) is 0.250. The first-order chi connectivity index (χ1) is 9.25. The zero-order valence-corrected chi connectivity index (χ0v) is 14.3. The maximum Gasteiger partial charge on any atom is 0.120 e. The molecular formula is C16H14Br2O2. The molecule has 2 aromatic carbocycles. The van der Waals surface area contributed by atoms with Crippen LogP contribution in [-0.4, -0.2) is 10.2 Å². The minimum atomic E-state index is -1.34. The van der Waals surface area contributed by atoms with E-state index in [0.717, 1.165) is 31.2 Å². The summed E-state index contributed by atoms with van der Waals surface area (Å²) >= 11 is 6.94. The molecule has 2 atom stereocenters. The highest BCUT2D eigenvalue weighted by atomic mass is 79.9. The van der Waals surface area contributed by atoms with Crippen molar-refractivity contribution in [3.8, 4) is 11.1 Å². The molecule has 0 amide bonds. The van der Waals surface area contributed by atoms with E-state index in [1.165, 1.54) is 0 Å². The summed E-state index contributed by atoms with van der Waals surface area (Å²) < 4.78 is 1.89. The van der Waals surface area contributed by atoms with Gasteiger partial charge in [0.2, 0.25) is 0 Å². The molecule has 4 heteroatoms. The molecule has 0 fully saturated rings. The largest absolute Gasteiger partial charge is 0.382 e. The Balaban J connectivity index is 2.44. The topological polar surface area (TPSA) is 40.5 Å². The van der Waals surface area contributed by atoms with Crippen molar-refractivity contribution in [3.63, 3.8) is 0 Å². The lowest BCUT2D eigenvalue weighted by Gasteiger charge is -2.45. The Labute approximate surface area is 134 Å². The summed E-state index contributed by atoms with van der Waals surface area (Å²) in [7, 11) is 0. The van der Waals surface area contributed by atoms with Crippen molar-refractivity contribution in [2.45, 2.75) is 25.0 Å². The molecule has 0 heterocycles. The van der Waals surface area contributed by atoms with Crippen LogP contribution >= 0.6 is 31.9 Å². The summed E-state index contributed by atoms with van der Waals surface area (Å²) in [4.78, 5) is 0. The molecule has 0 unspecified atom stereocenters. The molecule has 0 aromatic heterocycles. The van der Waals surface area contributed by atoms with Crippen LogP contribution in [0.2, 0.25) is 0 Å². The monoisotopic (exact) mass is 396 g/mol. The third kappa shape index (κ3) is 1.82. The Kier molecular flexibility index (Phi) is 3.14. The molecule has 1 aliphatic carbocycles. The Hall–Kier alpha value is -0.680. The van der Waals surface area contributed by atoms with Gasteiger partial charge in [0.05, 0.1) is 0 Å². The van der Waals surface area contributed by atoms with E-state index in [9.17, 15) is 10.2 Å². The van der Waals surface area contributed by atoms with Crippen molar-refractivity contribution in [2.24, 2.45) is 0 Å². The maximum atomic E-state index is 10.9. The molecule has 2 aromatic rings. The maximum absolute atomic E-state index is 10.9. The predicted molar refractivity (Wildman–Crippen MR) is 86.4 cm³/mol. The summed E-state index contributed by atoms with van der Waals surface area (Å²) in [5.74, 6) is 0. The zero-order valence-electron chi connectivity index (χ0n) is 11.1. The smallest absolute Gasteiger partial charge is 0.120 e. The summed E-state index contributed by atoms with van der Waals surface area (Å²) in [6.07, 6.45) is 0. The van der Waals surface area contributed by atoms with Gasteiger partial charge >= 0.3 is 0 Å². The SMILES string of the molecule is C[C@]1(O)c2ccc(Br)cc2-c2cc(Br)ccc2[C@@]1(C)O. The molecule has 0 saturated carbocycles. The Morgan fingerprint density at radius 1 is 0.750 bits per heavy atom. The lowest BCUT2D eigenvalue weighted by molar-refractivity contribution is -0.144. The molecule has 0 spiro atoms. The first-order valence-electron chi connectivity index (χ1n) is 6.30. The lowest BCUT2D eigenvalue weighted by atomic mass is 9.67. The van der Waals surface area contributed by atoms with E-state index in [1.54, 1.807) is 13.8 Å². The number of halogens is 2. The van der Waals surface area contributed by atoms with Gasteiger partial charge in [0.25, 0.3) is 0 Å². The lowest BCUT2D eigenvalue weighted by Crippen LogP contribution is -2.47. The van der Waals surface area contributed by atoms with Gasteiger partial charge in [-0.2, -0.15) is 0 Å². The average molecular weight is 398 g/mol. The molecule has 0 bridgehead atoms. The highest BCUT2D eigenvalue weighted by Gasteiger charge is 2.50. The number of hydrogen-bond donors (Lipinski definition) is 2. The van der Waals surface area contributed by atoms with Crippen LogP contribution in [0.15, 0.2) is 45.3 Å². The van der Waals surface area contributed by atoms with E-state index in [4.69, 9.17) is 0 Å². The first kappa shape index (κ1) is 14.3. The molecule has 2 nitrogen and oxygen atoms in total. The molecule has 1 aliphatic rings. The number of rotatable bonds is 0. The van der Waals surface area contributed by atoms with Crippen molar-refractivity contribution < 1.29 is 10.2 Å². The van der Waals surface area contributed by atoms with Crippen LogP contribution in [0.25, 0.3) is 11.1 Å². The van der Waals surface area contributed by atoms with E-state index < -0.39 is 11.2 Å². The van der Waals surface area contributed by atoms with E-state index in [0.29, 0.717) is 0 Å². The Morgan fingerprint density at radius 2 is 1.10 bits per heavy atom. The molecule has 2 N–H and O–H groups in total. The highest BCUT2D eigenvalue weighted by Crippen LogP contribution is 2.52.